The zero-order valence-electron chi connectivity index (χ0n) is 13.9. The van der Waals surface area contributed by atoms with Crippen LogP contribution in [-0.4, -0.2) is 30.0 Å². The smallest absolute Gasteiger partial charge is 0.303 e. The van der Waals surface area contributed by atoms with Gasteiger partial charge in [0.15, 0.2) is 0 Å². The van der Waals surface area contributed by atoms with E-state index in [2.05, 4.69) is 0 Å². The van der Waals surface area contributed by atoms with Gasteiger partial charge in [-0.2, -0.15) is 0 Å². The lowest BCUT2D eigenvalue weighted by Crippen LogP contribution is -1.95. The Morgan fingerprint density at radius 1 is 0.773 bits per heavy atom. The van der Waals surface area contributed by atoms with Gasteiger partial charge in [-0.05, 0) is 25.7 Å². The zero-order valence-corrected chi connectivity index (χ0v) is 13.9. The van der Waals surface area contributed by atoms with Gasteiger partial charge >= 0.3 is 5.97 Å². The summed E-state index contributed by atoms with van der Waals surface area (Å²) in [5, 5.41) is 8.54. The summed E-state index contributed by atoms with van der Waals surface area (Å²) in [5.74, 6) is -0.684. The van der Waals surface area contributed by atoms with Crippen molar-refractivity contribution in [3.8, 4) is 0 Å². The van der Waals surface area contributed by atoms with E-state index in [1.165, 1.54) is 51.4 Å². The fourth-order valence-electron chi connectivity index (χ4n) is 2.99. The molecule has 0 bridgehead atoms. The molecule has 1 N–H and O–H groups in total. The van der Waals surface area contributed by atoms with Crippen LogP contribution in [0.5, 0.6) is 0 Å². The highest BCUT2D eigenvalue weighted by atomic mass is 19.1. The van der Waals surface area contributed by atoms with Gasteiger partial charge in [-0.25, -0.2) is 0 Å². The Kier molecular flexibility index (Phi) is 11.3. The largest absolute Gasteiger partial charge is 0.481 e. The first-order valence-corrected chi connectivity index (χ1v) is 9.17. The average molecular weight is 316 g/mol. The summed E-state index contributed by atoms with van der Waals surface area (Å²) in [7, 11) is 0. The third-order valence-electron chi connectivity index (χ3n) is 4.44. The van der Waals surface area contributed by atoms with Gasteiger partial charge in [0.25, 0.3) is 0 Å². The molecule has 0 saturated carbocycles. The quantitative estimate of drug-likeness (QED) is 0.312. The van der Waals surface area contributed by atoms with Crippen LogP contribution in [0.15, 0.2) is 0 Å². The Bertz CT molecular complexity index is 284. The third-order valence-corrected chi connectivity index (χ3v) is 4.44. The number of hydrogen-bond acceptors (Lipinski definition) is 2. The van der Waals surface area contributed by atoms with Crippen molar-refractivity contribution in [3.05, 3.63) is 0 Å². The van der Waals surface area contributed by atoms with Crippen LogP contribution in [-0.2, 0) is 9.53 Å². The van der Waals surface area contributed by atoms with E-state index in [-0.39, 0.29) is 6.67 Å². The summed E-state index contributed by atoms with van der Waals surface area (Å²) in [4.78, 5) is 10.4. The molecule has 2 unspecified atom stereocenters. The van der Waals surface area contributed by atoms with E-state index in [9.17, 15) is 9.18 Å². The lowest BCUT2D eigenvalue weighted by molar-refractivity contribution is -0.137. The Hall–Kier alpha value is -0.640. The molecule has 1 aliphatic rings. The van der Waals surface area contributed by atoms with E-state index in [1.807, 2.05) is 0 Å². The molecular weight excluding hydrogens is 283 g/mol. The number of unbranched alkanes of at least 4 members (excludes halogenated alkanes) is 9. The number of rotatable bonds is 16. The lowest BCUT2D eigenvalue weighted by atomic mass is 10.0. The third kappa shape index (κ3) is 11.0. The van der Waals surface area contributed by atoms with Crippen molar-refractivity contribution < 1.29 is 19.0 Å². The molecule has 3 nitrogen and oxygen atoms in total. The molecule has 1 saturated heterocycles. The molecule has 0 radical (unpaired) electrons. The maximum absolute atomic E-state index is 11.9. The van der Waals surface area contributed by atoms with Crippen molar-refractivity contribution in [3.63, 3.8) is 0 Å². The maximum Gasteiger partial charge on any atom is 0.303 e. The molecule has 2 atom stereocenters. The summed E-state index contributed by atoms with van der Waals surface area (Å²) in [6.07, 6.45) is 15.7. The molecule has 1 fully saturated rings. The van der Waals surface area contributed by atoms with Gasteiger partial charge in [0.1, 0.15) is 0 Å². The van der Waals surface area contributed by atoms with Crippen LogP contribution in [0.1, 0.15) is 89.9 Å². The molecule has 130 valence electrons. The average Bonchev–Trinajstić information content (AvgIpc) is 3.23. The second kappa shape index (κ2) is 12.9. The summed E-state index contributed by atoms with van der Waals surface area (Å²) >= 11 is 0. The molecule has 22 heavy (non-hydrogen) atoms. The standard InChI is InChI=1S/C18H33FO3/c19-15-11-7-2-1-4-8-12-16-17(22-16)13-9-5-3-6-10-14-18(20)21/h16-17H,1-15H2,(H,20,21). The topological polar surface area (TPSA) is 49.8 Å². The van der Waals surface area contributed by atoms with E-state index in [1.54, 1.807) is 0 Å². The first-order valence-electron chi connectivity index (χ1n) is 9.17. The van der Waals surface area contributed by atoms with Crippen molar-refractivity contribution in [2.45, 2.75) is 102 Å². The van der Waals surface area contributed by atoms with Crippen molar-refractivity contribution in [1.82, 2.24) is 0 Å². The molecule has 0 aromatic carbocycles. The van der Waals surface area contributed by atoms with Gasteiger partial charge in [-0.1, -0.05) is 57.8 Å². The van der Waals surface area contributed by atoms with Crippen LogP contribution in [0.25, 0.3) is 0 Å². The number of hydrogen-bond donors (Lipinski definition) is 1. The lowest BCUT2D eigenvalue weighted by Gasteiger charge is -2.00. The van der Waals surface area contributed by atoms with Crippen LogP contribution in [0, 0.1) is 0 Å². The second-order valence-electron chi connectivity index (χ2n) is 6.51. The van der Waals surface area contributed by atoms with E-state index in [0.717, 1.165) is 32.1 Å². The molecule has 0 aliphatic carbocycles. The minimum atomic E-state index is -0.684. The van der Waals surface area contributed by atoms with Crippen molar-refractivity contribution in [2.24, 2.45) is 0 Å². The van der Waals surface area contributed by atoms with Gasteiger partial charge in [0, 0.05) is 6.42 Å². The molecule has 0 aromatic heterocycles. The monoisotopic (exact) mass is 316 g/mol. The summed E-state index contributed by atoms with van der Waals surface area (Å²) in [5.41, 5.74) is 0. The highest BCUT2D eigenvalue weighted by molar-refractivity contribution is 5.66. The predicted molar refractivity (Wildman–Crippen MR) is 86.9 cm³/mol. The van der Waals surface area contributed by atoms with Crippen LogP contribution >= 0.6 is 0 Å². The molecule has 1 rings (SSSR count). The van der Waals surface area contributed by atoms with Crippen LogP contribution in [0.3, 0.4) is 0 Å². The Balaban J connectivity index is 1.76. The van der Waals surface area contributed by atoms with E-state index < -0.39 is 5.97 Å². The fraction of sp³-hybridized carbons (Fsp3) is 0.944. The maximum atomic E-state index is 11.9. The summed E-state index contributed by atoms with van der Waals surface area (Å²) < 4.78 is 17.6. The number of alkyl halides is 1. The number of ether oxygens (including phenoxy) is 1. The first-order chi connectivity index (χ1) is 10.7. The Morgan fingerprint density at radius 3 is 1.73 bits per heavy atom. The number of epoxide rings is 1. The van der Waals surface area contributed by atoms with Crippen molar-refractivity contribution in [2.75, 3.05) is 6.67 Å². The predicted octanol–water partition coefficient (Wildman–Crippen LogP) is 5.27. The van der Waals surface area contributed by atoms with Gasteiger partial charge in [0.2, 0.25) is 0 Å². The molecule has 0 spiro atoms. The highest BCUT2D eigenvalue weighted by Crippen LogP contribution is 2.31. The minimum Gasteiger partial charge on any atom is -0.481 e. The number of aliphatic carboxylic acids is 1. The normalized spacial score (nSPS) is 20.2. The summed E-state index contributed by atoms with van der Waals surface area (Å²) in [6, 6.07) is 0. The fourth-order valence-corrected chi connectivity index (χ4v) is 2.99. The summed E-state index contributed by atoms with van der Waals surface area (Å²) in [6.45, 7) is -0.169. The first kappa shape index (κ1) is 19.4. The van der Waals surface area contributed by atoms with E-state index >= 15 is 0 Å². The molecule has 4 heteroatoms. The van der Waals surface area contributed by atoms with Gasteiger partial charge in [0.05, 0.1) is 18.9 Å². The Morgan fingerprint density at radius 2 is 1.23 bits per heavy atom. The van der Waals surface area contributed by atoms with Crippen LogP contribution < -0.4 is 0 Å². The SMILES string of the molecule is O=C(O)CCCCCCCC1OC1CCCCCCCCF. The van der Waals surface area contributed by atoms with E-state index in [4.69, 9.17) is 9.84 Å². The number of carboxylic acids is 1. The van der Waals surface area contributed by atoms with Crippen LogP contribution in [0.4, 0.5) is 4.39 Å². The van der Waals surface area contributed by atoms with Crippen LogP contribution in [0.2, 0.25) is 0 Å². The molecule has 0 aromatic rings. The number of halogens is 1. The highest BCUT2D eigenvalue weighted by Gasteiger charge is 2.36. The van der Waals surface area contributed by atoms with E-state index in [0.29, 0.717) is 18.6 Å². The minimum absolute atomic E-state index is 0.169. The number of carboxylic acid groups (broad SMARTS) is 1. The zero-order chi connectivity index (χ0) is 16.0. The number of carbonyl (C=O) groups is 1. The van der Waals surface area contributed by atoms with Gasteiger partial charge in [-0.15, -0.1) is 0 Å². The van der Waals surface area contributed by atoms with Gasteiger partial charge < -0.3 is 9.84 Å². The molecule has 1 heterocycles. The second-order valence-corrected chi connectivity index (χ2v) is 6.51. The Labute approximate surface area is 134 Å². The molecule has 0 amide bonds. The molecule has 1 aliphatic heterocycles. The van der Waals surface area contributed by atoms with Crippen molar-refractivity contribution in [1.29, 1.82) is 0 Å². The van der Waals surface area contributed by atoms with Crippen molar-refractivity contribution >= 4 is 5.97 Å². The van der Waals surface area contributed by atoms with Gasteiger partial charge in [-0.3, -0.25) is 9.18 Å². The molecular formula is C18H33FO3.